The Bertz CT molecular complexity index is 850. The first-order valence-electron chi connectivity index (χ1n) is 9.14. The van der Waals surface area contributed by atoms with Gasteiger partial charge in [0.25, 0.3) is 0 Å². The van der Waals surface area contributed by atoms with E-state index in [1.54, 1.807) is 0 Å². The molecule has 2 aromatic carbocycles. The summed E-state index contributed by atoms with van der Waals surface area (Å²) >= 11 is 0. The maximum Gasteiger partial charge on any atom is 0.110 e. The summed E-state index contributed by atoms with van der Waals surface area (Å²) in [5.74, 6) is 2.25. The summed E-state index contributed by atoms with van der Waals surface area (Å²) in [5.41, 5.74) is 9.78. The summed E-state index contributed by atoms with van der Waals surface area (Å²) in [6.07, 6.45) is 0.976. The Kier molecular flexibility index (Phi) is 7.68. The first kappa shape index (κ1) is 21.7. The molecule has 6 heteroatoms. The van der Waals surface area contributed by atoms with Crippen molar-refractivity contribution in [2.75, 3.05) is 26.2 Å². The first-order valence-corrected chi connectivity index (χ1v) is 9.14. The van der Waals surface area contributed by atoms with Crippen molar-refractivity contribution in [1.29, 1.82) is 0 Å². The van der Waals surface area contributed by atoms with Gasteiger partial charge in [-0.25, -0.2) is 4.98 Å². The van der Waals surface area contributed by atoms with E-state index >= 15 is 0 Å². The van der Waals surface area contributed by atoms with E-state index in [1.807, 2.05) is 0 Å². The van der Waals surface area contributed by atoms with Crippen LogP contribution in [0.2, 0.25) is 0 Å². The third kappa shape index (κ3) is 4.46. The molecule has 0 radical (unpaired) electrons. The molecule has 0 bridgehead atoms. The van der Waals surface area contributed by atoms with Gasteiger partial charge in [0.15, 0.2) is 0 Å². The normalized spacial score (nSPS) is 19.6. The number of rotatable bonds is 5. The van der Waals surface area contributed by atoms with E-state index in [2.05, 4.69) is 71.1 Å². The standard InChI is InChI=1S/C21H26N4.2ClH/c1-24-20-10-6-5-9-19(20)23-21(24)11-12-25-14-17(13-22)18(15-25)16-7-3-2-4-8-16;;/h2-10,17-18H,11-15,22H2,1H3;2*1H/t17-,18+;;/m1../s1. The van der Waals surface area contributed by atoms with Gasteiger partial charge < -0.3 is 15.2 Å². The highest BCUT2D eigenvalue weighted by Crippen LogP contribution is 2.32. The minimum absolute atomic E-state index is 0. The van der Waals surface area contributed by atoms with Crippen LogP contribution in [-0.2, 0) is 13.5 Å². The lowest BCUT2D eigenvalue weighted by atomic mass is 9.89. The highest BCUT2D eigenvalue weighted by Gasteiger charge is 2.32. The second-order valence-electron chi connectivity index (χ2n) is 7.10. The zero-order valence-corrected chi connectivity index (χ0v) is 17.3. The van der Waals surface area contributed by atoms with Crippen LogP contribution in [0.3, 0.4) is 0 Å². The average molecular weight is 407 g/mol. The lowest BCUT2D eigenvalue weighted by Gasteiger charge is -2.16. The number of aryl methyl sites for hydroxylation is 1. The van der Waals surface area contributed by atoms with Crippen LogP contribution in [0.15, 0.2) is 54.6 Å². The summed E-state index contributed by atoms with van der Waals surface area (Å²) in [7, 11) is 2.12. The van der Waals surface area contributed by atoms with E-state index in [9.17, 15) is 0 Å². The van der Waals surface area contributed by atoms with Crippen molar-refractivity contribution in [1.82, 2.24) is 14.5 Å². The minimum atomic E-state index is 0. The van der Waals surface area contributed by atoms with Crippen LogP contribution in [0.1, 0.15) is 17.3 Å². The van der Waals surface area contributed by atoms with Gasteiger partial charge >= 0.3 is 0 Å². The zero-order chi connectivity index (χ0) is 17.2. The van der Waals surface area contributed by atoms with Crippen LogP contribution in [-0.4, -0.2) is 40.6 Å². The molecule has 2 N–H and O–H groups in total. The van der Waals surface area contributed by atoms with E-state index in [1.165, 1.54) is 11.1 Å². The third-order valence-electron chi connectivity index (χ3n) is 5.58. The Morgan fingerprint density at radius 2 is 1.70 bits per heavy atom. The summed E-state index contributed by atoms with van der Waals surface area (Å²) in [4.78, 5) is 7.35. The van der Waals surface area contributed by atoms with Crippen molar-refractivity contribution in [3.05, 3.63) is 66.0 Å². The largest absolute Gasteiger partial charge is 0.331 e. The molecule has 1 aromatic heterocycles. The van der Waals surface area contributed by atoms with Gasteiger partial charge in [-0.15, -0.1) is 24.8 Å². The maximum absolute atomic E-state index is 6.06. The second kappa shape index (κ2) is 9.56. The topological polar surface area (TPSA) is 47.1 Å². The molecule has 0 saturated carbocycles. The smallest absolute Gasteiger partial charge is 0.110 e. The molecule has 4 nitrogen and oxygen atoms in total. The molecule has 0 aliphatic carbocycles. The fraction of sp³-hybridized carbons (Fsp3) is 0.381. The quantitative estimate of drug-likeness (QED) is 0.703. The van der Waals surface area contributed by atoms with Gasteiger partial charge in [0.05, 0.1) is 11.0 Å². The number of benzene rings is 2. The van der Waals surface area contributed by atoms with Crippen molar-refractivity contribution in [2.24, 2.45) is 18.7 Å². The van der Waals surface area contributed by atoms with Crippen LogP contribution in [0.5, 0.6) is 0 Å². The molecule has 2 atom stereocenters. The van der Waals surface area contributed by atoms with E-state index in [4.69, 9.17) is 10.7 Å². The van der Waals surface area contributed by atoms with Gasteiger partial charge in [0, 0.05) is 39.0 Å². The summed E-state index contributed by atoms with van der Waals surface area (Å²) in [5, 5.41) is 0. The number of hydrogen-bond acceptors (Lipinski definition) is 3. The number of halogens is 2. The third-order valence-corrected chi connectivity index (χ3v) is 5.58. The highest BCUT2D eigenvalue weighted by molar-refractivity contribution is 5.85. The molecule has 2 heterocycles. The van der Waals surface area contributed by atoms with E-state index in [0.29, 0.717) is 11.8 Å². The molecule has 1 aliphatic rings. The summed E-state index contributed by atoms with van der Waals surface area (Å²) in [6.45, 7) is 3.97. The molecule has 1 saturated heterocycles. The Morgan fingerprint density at radius 3 is 2.41 bits per heavy atom. The van der Waals surface area contributed by atoms with Crippen LogP contribution in [0.4, 0.5) is 0 Å². The monoisotopic (exact) mass is 406 g/mol. The van der Waals surface area contributed by atoms with Crippen molar-refractivity contribution in [2.45, 2.75) is 12.3 Å². The Hall–Kier alpha value is -1.59. The van der Waals surface area contributed by atoms with Crippen molar-refractivity contribution in [3.63, 3.8) is 0 Å². The van der Waals surface area contributed by atoms with Gasteiger partial charge in [-0.1, -0.05) is 42.5 Å². The van der Waals surface area contributed by atoms with Gasteiger partial charge in [-0.05, 0) is 30.2 Å². The van der Waals surface area contributed by atoms with E-state index < -0.39 is 0 Å². The van der Waals surface area contributed by atoms with Gasteiger partial charge in [0.2, 0.25) is 0 Å². The molecule has 0 spiro atoms. The molecule has 1 fully saturated rings. The molecule has 0 amide bonds. The van der Waals surface area contributed by atoms with Gasteiger partial charge in [-0.2, -0.15) is 0 Å². The number of para-hydroxylation sites is 2. The number of nitrogens with zero attached hydrogens (tertiary/aromatic N) is 3. The highest BCUT2D eigenvalue weighted by atomic mass is 35.5. The van der Waals surface area contributed by atoms with Crippen LogP contribution in [0, 0.1) is 5.92 Å². The Labute approximate surface area is 173 Å². The zero-order valence-electron chi connectivity index (χ0n) is 15.6. The number of hydrogen-bond donors (Lipinski definition) is 1. The second-order valence-corrected chi connectivity index (χ2v) is 7.10. The van der Waals surface area contributed by atoms with Crippen molar-refractivity contribution in [3.8, 4) is 0 Å². The molecule has 1 aliphatic heterocycles. The first-order chi connectivity index (χ1) is 12.3. The van der Waals surface area contributed by atoms with Gasteiger partial charge in [-0.3, -0.25) is 0 Å². The Morgan fingerprint density at radius 1 is 1.00 bits per heavy atom. The SMILES string of the molecule is Cl.Cl.Cn1c(CCN2C[C@@H](CN)[C@H](c3ccccc3)C2)nc2ccccc21. The van der Waals surface area contributed by atoms with Crippen LogP contribution in [0.25, 0.3) is 11.0 Å². The average Bonchev–Trinajstić information content (AvgIpc) is 3.22. The molecule has 27 heavy (non-hydrogen) atoms. The number of fused-ring (bicyclic) bond motifs is 1. The number of nitrogens with two attached hydrogens (primary N) is 1. The lowest BCUT2D eigenvalue weighted by molar-refractivity contribution is 0.325. The van der Waals surface area contributed by atoms with Crippen molar-refractivity contribution < 1.29 is 0 Å². The van der Waals surface area contributed by atoms with Crippen molar-refractivity contribution >= 4 is 35.8 Å². The predicted octanol–water partition coefficient (Wildman–Crippen LogP) is 3.63. The van der Waals surface area contributed by atoms with Gasteiger partial charge in [0.1, 0.15) is 5.82 Å². The molecule has 3 aromatic rings. The lowest BCUT2D eigenvalue weighted by Crippen LogP contribution is -2.26. The molecular formula is C21H28Cl2N4. The predicted molar refractivity (Wildman–Crippen MR) is 117 cm³/mol. The summed E-state index contributed by atoms with van der Waals surface area (Å²) in [6, 6.07) is 19.2. The molecular weight excluding hydrogens is 379 g/mol. The molecule has 146 valence electrons. The number of imidazole rings is 1. The maximum atomic E-state index is 6.06. The fourth-order valence-corrected chi connectivity index (χ4v) is 4.14. The van der Waals surface area contributed by atoms with Crippen LogP contribution >= 0.6 is 24.8 Å². The number of likely N-dealkylation sites (tertiary alicyclic amines) is 1. The minimum Gasteiger partial charge on any atom is -0.331 e. The van der Waals surface area contributed by atoms with Crippen LogP contribution < -0.4 is 5.73 Å². The van der Waals surface area contributed by atoms with E-state index in [-0.39, 0.29) is 24.8 Å². The Balaban J connectivity index is 0.00000131. The molecule has 0 unspecified atom stereocenters. The summed E-state index contributed by atoms with van der Waals surface area (Å²) < 4.78 is 2.22. The molecule has 4 rings (SSSR count). The fourth-order valence-electron chi connectivity index (χ4n) is 4.14. The van der Waals surface area contributed by atoms with E-state index in [0.717, 1.165) is 43.9 Å². The number of aromatic nitrogens is 2.